The van der Waals surface area contributed by atoms with Gasteiger partial charge in [-0.2, -0.15) is 0 Å². The molecule has 1 aromatic heterocycles. The van der Waals surface area contributed by atoms with E-state index in [0.717, 1.165) is 26.1 Å². The second-order valence-corrected chi connectivity index (χ2v) is 3.73. The third-order valence-corrected chi connectivity index (χ3v) is 2.45. The van der Waals surface area contributed by atoms with Crippen LogP contribution in [0, 0.1) is 0 Å². The number of carbonyl (C=O) groups is 1. The van der Waals surface area contributed by atoms with Gasteiger partial charge in [0.25, 0.3) is 0 Å². The summed E-state index contributed by atoms with van der Waals surface area (Å²) < 4.78 is 5.22. The Labute approximate surface area is 99.9 Å². The Hall–Kier alpha value is -1.88. The molecular weight excluding hydrogens is 218 g/mol. The zero-order valence-electron chi connectivity index (χ0n) is 9.48. The molecule has 0 aliphatic carbocycles. The summed E-state index contributed by atoms with van der Waals surface area (Å²) in [6, 6.07) is 5.08. The molecule has 2 rings (SSSR count). The first-order valence-electron chi connectivity index (χ1n) is 5.59. The van der Waals surface area contributed by atoms with Crippen molar-refractivity contribution in [2.45, 2.75) is 12.8 Å². The van der Waals surface area contributed by atoms with Crippen LogP contribution in [0.15, 0.2) is 36.2 Å². The van der Waals surface area contributed by atoms with Crippen molar-refractivity contribution in [2.75, 3.05) is 18.5 Å². The number of nitrogens with one attached hydrogen (secondary N) is 2. The van der Waals surface area contributed by atoms with E-state index in [1.165, 1.54) is 5.57 Å². The van der Waals surface area contributed by atoms with Gasteiger partial charge in [0.2, 0.25) is 0 Å². The molecule has 1 saturated heterocycles. The van der Waals surface area contributed by atoms with Gasteiger partial charge in [-0.3, -0.25) is 5.32 Å². The molecule has 1 aliphatic heterocycles. The molecule has 1 aliphatic rings. The monoisotopic (exact) mass is 233 g/mol. The number of urea groups is 1. The molecule has 0 saturated carbocycles. The van der Waals surface area contributed by atoms with E-state index in [1.54, 1.807) is 24.5 Å². The van der Waals surface area contributed by atoms with Crippen molar-refractivity contribution in [3.05, 3.63) is 36.2 Å². The number of nitrogens with zero attached hydrogens (tertiary/aromatic N) is 1. The molecule has 5 nitrogen and oxygen atoms in total. The third kappa shape index (κ3) is 3.88. The number of ether oxygens (including phenoxy) is 1. The average Bonchev–Trinajstić information content (AvgIpc) is 2.39. The molecule has 0 unspecified atom stereocenters. The fourth-order valence-corrected chi connectivity index (χ4v) is 1.53. The van der Waals surface area contributed by atoms with Crippen LogP contribution in [-0.4, -0.2) is 24.2 Å². The van der Waals surface area contributed by atoms with Gasteiger partial charge in [-0.25, -0.2) is 9.78 Å². The number of anilines is 1. The molecule has 0 atom stereocenters. The molecule has 2 amide bonds. The van der Waals surface area contributed by atoms with Crippen molar-refractivity contribution >= 4 is 11.8 Å². The van der Waals surface area contributed by atoms with E-state index in [2.05, 4.69) is 15.6 Å². The van der Waals surface area contributed by atoms with Crippen molar-refractivity contribution in [1.29, 1.82) is 0 Å². The van der Waals surface area contributed by atoms with Gasteiger partial charge in [-0.05, 0) is 30.5 Å². The van der Waals surface area contributed by atoms with E-state index < -0.39 is 0 Å². The van der Waals surface area contributed by atoms with Crippen molar-refractivity contribution in [1.82, 2.24) is 10.3 Å². The molecular formula is C12H15N3O2. The van der Waals surface area contributed by atoms with Crippen LogP contribution < -0.4 is 10.6 Å². The van der Waals surface area contributed by atoms with E-state index in [9.17, 15) is 4.79 Å². The summed E-state index contributed by atoms with van der Waals surface area (Å²) in [6.45, 7) is 1.46. The Balaban J connectivity index is 1.81. The highest BCUT2D eigenvalue weighted by Crippen LogP contribution is 2.11. The maximum atomic E-state index is 11.5. The highest BCUT2D eigenvalue weighted by molar-refractivity contribution is 5.88. The van der Waals surface area contributed by atoms with Crippen molar-refractivity contribution in [3.8, 4) is 0 Å². The standard InChI is InChI=1S/C12H15N3O2/c16-12(15-11-3-1-2-6-13-11)14-9-10-4-7-17-8-5-10/h1-3,6,9H,4-5,7-8H2,(H2,13,14,15,16). The zero-order chi connectivity index (χ0) is 11.9. The first-order valence-corrected chi connectivity index (χ1v) is 5.59. The quantitative estimate of drug-likeness (QED) is 0.820. The van der Waals surface area contributed by atoms with Gasteiger partial charge in [0, 0.05) is 12.4 Å². The molecule has 1 fully saturated rings. The third-order valence-electron chi connectivity index (χ3n) is 2.45. The number of hydrogen-bond donors (Lipinski definition) is 2. The Kier molecular flexibility index (Phi) is 4.10. The van der Waals surface area contributed by atoms with Gasteiger partial charge in [-0.15, -0.1) is 0 Å². The molecule has 0 spiro atoms. The van der Waals surface area contributed by atoms with E-state index in [1.807, 2.05) is 6.07 Å². The topological polar surface area (TPSA) is 63.2 Å². The zero-order valence-corrected chi connectivity index (χ0v) is 9.48. The van der Waals surface area contributed by atoms with Crippen LogP contribution in [0.3, 0.4) is 0 Å². The van der Waals surface area contributed by atoms with Gasteiger partial charge >= 0.3 is 6.03 Å². The number of aromatic nitrogens is 1. The van der Waals surface area contributed by atoms with Crippen LogP contribution in [0.1, 0.15) is 12.8 Å². The number of amides is 2. The number of rotatable bonds is 2. The lowest BCUT2D eigenvalue weighted by Crippen LogP contribution is -2.25. The molecule has 17 heavy (non-hydrogen) atoms. The van der Waals surface area contributed by atoms with Crippen LogP contribution >= 0.6 is 0 Å². The summed E-state index contributed by atoms with van der Waals surface area (Å²) in [5.74, 6) is 0.537. The smallest absolute Gasteiger partial charge is 0.324 e. The summed E-state index contributed by atoms with van der Waals surface area (Å²) in [6.07, 6.45) is 5.14. The van der Waals surface area contributed by atoms with Crippen LogP contribution in [0.25, 0.3) is 0 Å². The summed E-state index contributed by atoms with van der Waals surface area (Å²) >= 11 is 0. The highest BCUT2D eigenvalue weighted by atomic mass is 16.5. The Morgan fingerprint density at radius 3 is 2.88 bits per heavy atom. The van der Waals surface area contributed by atoms with E-state index in [4.69, 9.17) is 4.74 Å². The molecule has 2 N–H and O–H groups in total. The summed E-state index contributed by atoms with van der Waals surface area (Å²) in [7, 11) is 0. The Morgan fingerprint density at radius 2 is 2.18 bits per heavy atom. The van der Waals surface area contributed by atoms with Crippen molar-refractivity contribution in [3.63, 3.8) is 0 Å². The van der Waals surface area contributed by atoms with Crippen LogP contribution in [0.4, 0.5) is 10.6 Å². The van der Waals surface area contributed by atoms with Crippen LogP contribution in [-0.2, 0) is 4.74 Å². The van der Waals surface area contributed by atoms with E-state index >= 15 is 0 Å². The first-order chi connectivity index (χ1) is 8.34. The van der Waals surface area contributed by atoms with Gasteiger partial charge in [0.05, 0.1) is 13.2 Å². The molecule has 2 heterocycles. The molecule has 5 heteroatoms. The van der Waals surface area contributed by atoms with Crippen molar-refractivity contribution in [2.24, 2.45) is 0 Å². The number of pyridine rings is 1. The minimum absolute atomic E-state index is 0.275. The minimum Gasteiger partial charge on any atom is -0.381 e. The lowest BCUT2D eigenvalue weighted by Gasteiger charge is -2.14. The second kappa shape index (κ2) is 6.00. The minimum atomic E-state index is -0.275. The van der Waals surface area contributed by atoms with Gasteiger partial charge in [0.15, 0.2) is 0 Å². The molecule has 90 valence electrons. The maximum absolute atomic E-state index is 11.5. The predicted octanol–water partition coefficient (Wildman–Crippen LogP) is 1.90. The number of hydrogen-bond acceptors (Lipinski definition) is 3. The summed E-state index contributed by atoms with van der Waals surface area (Å²) in [5.41, 5.74) is 1.20. The number of carbonyl (C=O) groups excluding carboxylic acids is 1. The fraction of sp³-hybridized carbons (Fsp3) is 0.333. The molecule has 0 bridgehead atoms. The fourth-order valence-electron chi connectivity index (χ4n) is 1.53. The Bertz CT molecular complexity index is 395. The van der Waals surface area contributed by atoms with E-state index in [0.29, 0.717) is 5.82 Å². The Morgan fingerprint density at radius 1 is 1.35 bits per heavy atom. The summed E-state index contributed by atoms with van der Waals surface area (Å²) in [4.78, 5) is 15.5. The predicted molar refractivity (Wildman–Crippen MR) is 64.5 cm³/mol. The second-order valence-electron chi connectivity index (χ2n) is 3.73. The van der Waals surface area contributed by atoms with Crippen molar-refractivity contribution < 1.29 is 9.53 Å². The van der Waals surface area contributed by atoms with Crippen LogP contribution in [0.5, 0.6) is 0 Å². The van der Waals surface area contributed by atoms with Gasteiger partial charge < -0.3 is 10.1 Å². The van der Waals surface area contributed by atoms with Crippen LogP contribution in [0.2, 0.25) is 0 Å². The van der Waals surface area contributed by atoms with Gasteiger partial charge in [-0.1, -0.05) is 6.07 Å². The SMILES string of the molecule is O=C(NC=C1CCOCC1)Nc1ccccn1. The molecule has 0 radical (unpaired) electrons. The average molecular weight is 233 g/mol. The molecule has 0 aromatic carbocycles. The summed E-state index contributed by atoms with van der Waals surface area (Å²) in [5, 5.41) is 5.34. The molecule has 1 aromatic rings. The first kappa shape index (κ1) is 11.6. The maximum Gasteiger partial charge on any atom is 0.324 e. The van der Waals surface area contributed by atoms with Gasteiger partial charge in [0.1, 0.15) is 5.82 Å². The lowest BCUT2D eigenvalue weighted by molar-refractivity contribution is 0.119. The highest BCUT2D eigenvalue weighted by Gasteiger charge is 2.06. The van der Waals surface area contributed by atoms with E-state index in [-0.39, 0.29) is 6.03 Å². The lowest BCUT2D eigenvalue weighted by atomic mass is 10.1. The normalized spacial score (nSPS) is 15.2. The largest absolute Gasteiger partial charge is 0.381 e.